The van der Waals surface area contributed by atoms with Crippen molar-refractivity contribution in [2.24, 2.45) is 5.92 Å². The number of para-hydroxylation sites is 1. The van der Waals surface area contributed by atoms with E-state index in [2.05, 4.69) is 20.4 Å². The van der Waals surface area contributed by atoms with E-state index in [1.54, 1.807) is 14.2 Å². The van der Waals surface area contributed by atoms with Gasteiger partial charge < -0.3 is 19.7 Å². The monoisotopic (exact) mass is 409 g/mol. The summed E-state index contributed by atoms with van der Waals surface area (Å²) in [5, 5.41) is 11.7. The van der Waals surface area contributed by atoms with Crippen molar-refractivity contribution in [3.63, 3.8) is 0 Å². The fourth-order valence-corrected chi connectivity index (χ4v) is 4.08. The number of rotatable bonds is 6. The summed E-state index contributed by atoms with van der Waals surface area (Å²) in [6.07, 6.45) is 1.79. The predicted octanol–water partition coefficient (Wildman–Crippen LogP) is 2.59. The first-order valence-electron chi connectivity index (χ1n) is 10.2. The van der Waals surface area contributed by atoms with E-state index in [0.29, 0.717) is 24.6 Å². The SMILES string of the molecule is COc1cccc(CNC(=O)C2CCCN(c3nnc4cccc(C)n34)C2)c1OC. The topological polar surface area (TPSA) is 81.0 Å². The van der Waals surface area contributed by atoms with Crippen LogP contribution < -0.4 is 19.7 Å². The Bertz CT molecular complexity index is 1050. The van der Waals surface area contributed by atoms with Crippen LogP contribution in [0.1, 0.15) is 24.1 Å². The average Bonchev–Trinajstić information content (AvgIpc) is 3.22. The minimum Gasteiger partial charge on any atom is -0.493 e. The molecule has 8 heteroatoms. The highest BCUT2D eigenvalue weighted by Gasteiger charge is 2.28. The normalized spacial score (nSPS) is 16.5. The molecule has 30 heavy (non-hydrogen) atoms. The van der Waals surface area contributed by atoms with Gasteiger partial charge in [0.1, 0.15) is 0 Å². The summed E-state index contributed by atoms with van der Waals surface area (Å²) < 4.78 is 12.8. The number of pyridine rings is 1. The maximum atomic E-state index is 12.9. The molecule has 0 aliphatic carbocycles. The van der Waals surface area contributed by atoms with Crippen LogP contribution in [0.5, 0.6) is 11.5 Å². The van der Waals surface area contributed by atoms with Crippen molar-refractivity contribution in [1.82, 2.24) is 19.9 Å². The maximum Gasteiger partial charge on any atom is 0.231 e. The van der Waals surface area contributed by atoms with E-state index in [-0.39, 0.29) is 11.8 Å². The van der Waals surface area contributed by atoms with Gasteiger partial charge in [-0.1, -0.05) is 18.2 Å². The highest BCUT2D eigenvalue weighted by atomic mass is 16.5. The van der Waals surface area contributed by atoms with Gasteiger partial charge in [-0.3, -0.25) is 9.20 Å². The number of carbonyl (C=O) groups is 1. The molecule has 8 nitrogen and oxygen atoms in total. The molecule has 1 aliphatic rings. The fourth-order valence-electron chi connectivity index (χ4n) is 4.08. The summed E-state index contributed by atoms with van der Waals surface area (Å²) in [6, 6.07) is 11.6. The third-order valence-corrected chi connectivity index (χ3v) is 5.62. The molecular formula is C22H27N5O3. The second kappa shape index (κ2) is 8.61. The minimum atomic E-state index is -0.105. The van der Waals surface area contributed by atoms with Gasteiger partial charge in [-0.05, 0) is 38.0 Å². The number of ether oxygens (including phenoxy) is 2. The molecule has 0 bridgehead atoms. The van der Waals surface area contributed by atoms with Crippen LogP contribution >= 0.6 is 0 Å². The summed E-state index contributed by atoms with van der Waals surface area (Å²) >= 11 is 0. The van der Waals surface area contributed by atoms with E-state index in [1.807, 2.05) is 47.7 Å². The summed E-state index contributed by atoms with van der Waals surface area (Å²) in [5.41, 5.74) is 2.78. The van der Waals surface area contributed by atoms with Crippen molar-refractivity contribution in [3.8, 4) is 11.5 Å². The number of hydrogen-bond donors (Lipinski definition) is 1. The lowest BCUT2D eigenvalue weighted by Gasteiger charge is -2.32. The van der Waals surface area contributed by atoms with Crippen molar-refractivity contribution in [2.75, 3.05) is 32.2 Å². The molecule has 1 aromatic carbocycles. The molecule has 0 radical (unpaired) electrons. The molecular weight excluding hydrogens is 382 g/mol. The number of nitrogens with zero attached hydrogens (tertiary/aromatic N) is 4. The molecule has 1 amide bonds. The first-order valence-corrected chi connectivity index (χ1v) is 10.2. The number of benzene rings is 1. The van der Waals surface area contributed by atoms with Crippen LogP contribution in [0.15, 0.2) is 36.4 Å². The zero-order chi connectivity index (χ0) is 21.1. The second-order valence-corrected chi connectivity index (χ2v) is 7.52. The third kappa shape index (κ3) is 3.77. The van der Waals surface area contributed by atoms with Crippen LogP contribution in [0.4, 0.5) is 5.95 Å². The Morgan fingerprint density at radius 1 is 1.17 bits per heavy atom. The standard InChI is InChI=1S/C22H27N5O3/c1-15-7-4-11-19-24-25-22(27(15)19)26-12-6-9-17(14-26)21(28)23-13-16-8-5-10-18(29-2)20(16)30-3/h4-5,7-8,10-11,17H,6,9,12-14H2,1-3H3,(H,23,28). The molecule has 0 saturated carbocycles. The van der Waals surface area contributed by atoms with E-state index in [1.165, 1.54) is 0 Å². The van der Waals surface area contributed by atoms with Crippen LogP contribution in [-0.2, 0) is 11.3 Å². The van der Waals surface area contributed by atoms with Crippen molar-refractivity contribution >= 4 is 17.5 Å². The van der Waals surface area contributed by atoms with Crippen molar-refractivity contribution in [1.29, 1.82) is 0 Å². The molecule has 3 heterocycles. The molecule has 0 spiro atoms. The Labute approximate surface area is 175 Å². The van der Waals surface area contributed by atoms with Crippen LogP contribution in [0.25, 0.3) is 5.65 Å². The lowest BCUT2D eigenvalue weighted by Crippen LogP contribution is -2.43. The molecule has 4 rings (SSSR count). The number of piperidine rings is 1. The first kappa shape index (κ1) is 20.0. The van der Waals surface area contributed by atoms with Crippen molar-refractivity contribution < 1.29 is 14.3 Å². The fraction of sp³-hybridized carbons (Fsp3) is 0.409. The van der Waals surface area contributed by atoms with Crippen LogP contribution in [0.2, 0.25) is 0 Å². The zero-order valence-electron chi connectivity index (χ0n) is 17.6. The van der Waals surface area contributed by atoms with Gasteiger partial charge in [0.05, 0.1) is 20.1 Å². The molecule has 1 fully saturated rings. The molecule has 1 aliphatic heterocycles. The number of aromatic nitrogens is 3. The molecule has 1 saturated heterocycles. The van der Waals surface area contributed by atoms with Crippen molar-refractivity contribution in [2.45, 2.75) is 26.3 Å². The number of anilines is 1. The van der Waals surface area contributed by atoms with E-state index in [4.69, 9.17) is 9.47 Å². The molecule has 1 atom stereocenters. The number of aryl methyl sites for hydroxylation is 1. The average molecular weight is 409 g/mol. The van der Waals surface area contributed by atoms with E-state index < -0.39 is 0 Å². The van der Waals surface area contributed by atoms with Gasteiger partial charge in [-0.25, -0.2) is 0 Å². The first-order chi connectivity index (χ1) is 14.6. The predicted molar refractivity (Wildman–Crippen MR) is 114 cm³/mol. The van der Waals surface area contributed by atoms with Crippen LogP contribution in [-0.4, -0.2) is 47.8 Å². The number of carbonyl (C=O) groups excluding carboxylic acids is 1. The van der Waals surface area contributed by atoms with Gasteiger partial charge in [0.15, 0.2) is 17.1 Å². The number of hydrogen-bond acceptors (Lipinski definition) is 6. The Kier molecular flexibility index (Phi) is 5.74. The minimum absolute atomic E-state index is 0.0371. The van der Waals surface area contributed by atoms with E-state index >= 15 is 0 Å². The Hall–Kier alpha value is -3.29. The lowest BCUT2D eigenvalue weighted by molar-refractivity contribution is -0.125. The number of amides is 1. The highest BCUT2D eigenvalue weighted by molar-refractivity contribution is 5.79. The molecule has 158 valence electrons. The second-order valence-electron chi connectivity index (χ2n) is 7.52. The molecule has 3 aromatic rings. The maximum absolute atomic E-state index is 12.9. The number of nitrogens with one attached hydrogen (secondary N) is 1. The Morgan fingerprint density at radius 3 is 2.80 bits per heavy atom. The van der Waals surface area contributed by atoms with E-state index in [9.17, 15) is 4.79 Å². The lowest BCUT2D eigenvalue weighted by atomic mass is 9.97. The van der Waals surface area contributed by atoms with Gasteiger partial charge in [0.2, 0.25) is 11.9 Å². The Morgan fingerprint density at radius 2 is 2.00 bits per heavy atom. The Balaban J connectivity index is 1.45. The van der Waals surface area contributed by atoms with Crippen LogP contribution in [0, 0.1) is 12.8 Å². The molecule has 2 aromatic heterocycles. The summed E-state index contributed by atoms with van der Waals surface area (Å²) in [4.78, 5) is 15.1. The summed E-state index contributed by atoms with van der Waals surface area (Å²) in [5.74, 6) is 2.04. The van der Waals surface area contributed by atoms with Gasteiger partial charge in [0, 0.05) is 30.9 Å². The van der Waals surface area contributed by atoms with Gasteiger partial charge in [-0.15, -0.1) is 10.2 Å². The van der Waals surface area contributed by atoms with Gasteiger partial charge in [-0.2, -0.15) is 0 Å². The van der Waals surface area contributed by atoms with Gasteiger partial charge in [0.25, 0.3) is 0 Å². The third-order valence-electron chi connectivity index (χ3n) is 5.62. The van der Waals surface area contributed by atoms with Gasteiger partial charge >= 0.3 is 0 Å². The summed E-state index contributed by atoms with van der Waals surface area (Å²) in [7, 11) is 3.21. The van der Waals surface area contributed by atoms with E-state index in [0.717, 1.165) is 42.2 Å². The highest BCUT2D eigenvalue weighted by Crippen LogP contribution is 2.30. The number of methoxy groups -OCH3 is 2. The quantitative estimate of drug-likeness (QED) is 0.674. The summed E-state index contributed by atoms with van der Waals surface area (Å²) in [6.45, 7) is 3.91. The number of fused-ring (bicyclic) bond motifs is 1. The zero-order valence-corrected chi connectivity index (χ0v) is 17.6. The molecule has 1 unspecified atom stereocenters. The van der Waals surface area contributed by atoms with Crippen molar-refractivity contribution in [3.05, 3.63) is 47.7 Å². The smallest absolute Gasteiger partial charge is 0.231 e. The largest absolute Gasteiger partial charge is 0.493 e. The van der Waals surface area contributed by atoms with Crippen LogP contribution in [0.3, 0.4) is 0 Å². The molecule has 1 N–H and O–H groups in total.